The van der Waals surface area contributed by atoms with Gasteiger partial charge in [-0.1, -0.05) is 31.5 Å². The fourth-order valence-electron chi connectivity index (χ4n) is 1.78. The standard InChI is InChI=1S/C13H19ClN2O3.ClH/c1-8(2)3-6-12(17)13(15)9-4-5-10(14)11(7-9)16(18)19;/h4-5,7-8,12-13,17H,3,6,15H2,1-2H3;1H/t12-,13+;/m0./s1. The predicted octanol–water partition coefficient (Wildman–Crippen LogP) is 3.47. The Balaban J connectivity index is 0.00000361. The van der Waals surface area contributed by atoms with Gasteiger partial charge in [-0.2, -0.15) is 0 Å². The van der Waals surface area contributed by atoms with Gasteiger partial charge >= 0.3 is 0 Å². The molecule has 0 aliphatic carbocycles. The van der Waals surface area contributed by atoms with Crippen LogP contribution in [-0.2, 0) is 0 Å². The van der Waals surface area contributed by atoms with Crippen LogP contribution in [0.1, 0.15) is 38.3 Å². The summed E-state index contributed by atoms with van der Waals surface area (Å²) >= 11 is 5.73. The minimum atomic E-state index is -0.719. The molecular weight excluding hydrogens is 303 g/mol. The number of nitro benzene ring substituents is 1. The molecule has 1 aromatic carbocycles. The van der Waals surface area contributed by atoms with Crippen molar-refractivity contribution in [1.82, 2.24) is 0 Å². The average Bonchev–Trinajstić information content (AvgIpc) is 2.35. The number of aliphatic hydroxyl groups excluding tert-OH is 1. The Kier molecular flexibility index (Phi) is 8.05. The lowest BCUT2D eigenvalue weighted by Gasteiger charge is -2.20. The largest absolute Gasteiger partial charge is 0.391 e. The van der Waals surface area contributed by atoms with Gasteiger partial charge in [0, 0.05) is 6.07 Å². The molecule has 0 heterocycles. The van der Waals surface area contributed by atoms with E-state index in [9.17, 15) is 15.2 Å². The molecule has 0 aliphatic heterocycles. The Labute approximate surface area is 129 Å². The number of nitrogens with two attached hydrogens (primary N) is 1. The Hall–Kier alpha value is -0.880. The molecule has 20 heavy (non-hydrogen) atoms. The van der Waals surface area contributed by atoms with E-state index in [1.165, 1.54) is 12.1 Å². The van der Waals surface area contributed by atoms with Crippen molar-refractivity contribution in [3.05, 3.63) is 38.9 Å². The molecule has 0 unspecified atom stereocenters. The third-order valence-electron chi connectivity index (χ3n) is 3.01. The van der Waals surface area contributed by atoms with E-state index in [-0.39, 0.29) is 23.1 Å². The average molecular weight is 323 g/mol. The maximum absolute atomic E-state index is 10.8. The molecule has 0 amide bonds. The van der Waals surface area contributed by atoms with E-state index in [0.717, 1.165) is 6.42 Å². The summed E-state index contributed by atoms with van der Waals surface area (Å²) in [5.74, 6) is 0.474. The zero-order chi connectivity index (χ0) is 14.6. The molecule has 0 aliphatic rings. The third-order valence-corrected chi connectivity index (χ3v) is 3.33. The molecular formula is C13H20Cl2N2O3. The zero-order valence-corrected chi connectivity index (χ0v) is 13.0. The minimum Gasteiger partial charge on any atom is -0.391 e. The molecule has 2 atom stereocenters. The molecule has 0 saturated carbocycles. The van der Waals surface area contributed by atoms with Crippen molar-refractivity contribution < 1.29 is 10.0 Å². The summed E-state index contributed by atoms with van der Waals surface area (Å²) in [5.41, 5.74) is 6.26. The lowest BCUT2D eigenvalue weighted by Crippen LogP contribution is -2.26. The molecule has 1 rings (SSSR count). The second-order valence-corrected chi connectivity index (χ2v) is 5.44. The summed E-state index contributed by atoms with van der Waals surface area (Å²) in [4.78, 5) is 10.2. The number of hydrogen-bond acceptors (Lipinski definition) is 4. The van der Waals surface area contributed by atoms with Crippen LogP contribution in [0.4, 0.5) is 5.69 Å². The SMILES string of the molecule is CC(C)CC[C@H](O)[C@H](N)c1ccc(Cl)c([N+](=O)[O-])c1.Cl. The van der Waals surface area contributed by atoms with Crippen LogP contribution in [0.25, 0.3) is 0 Å². The van der Waals surface area contributed by atoms with Gasteiger partial charge in [-0.3, -0.25) is 10.1 Å². The number of nitrogens with zero attached hydrogens (tertiary/aromatic N) is 1. The topological polar surface area (TPSA) is 89.4 Å². The van der Waals surface area contributed by atoms with E-state index in [1.807, 2.05) is 0 Å². The summed E-state index contributed by atoms with van der Waals surface area (Å²) in [6.45, 7) is 4.12. The highest BCUT2D eigenvalue weighted by Gasteiger charge is 2.21. The van der Waals surface area contributed by atoms with E-state index in [0.29, 0.717) is 17.9 Å². The van der Waals surface area contributed by atoms with Gasteiger partial charge in [-0.05, 0) is 30.4 Å². The van der Waals surface area contributed by atoms with Gasteiger partial charge in [0.05, 0.1) is 17.1 Å². The zero-order valence-electron chi connectivity index (χ0n) is 11.5. The van der Waals surface area contributed by atoms with E-state index >= 15 is 0 Å². The fraction of sp³-hybridized carbons (Fsp3) is 0.538. The number of aliphatic hydroxyl groups is 1. The Morgan fingerprint density at radius 2 is 2.00 bits per heavy atom. The summed E-state index contributed by atoms with van der Waals surface area (Å²) in [5, 5.41) is 20.9. The minimum absolute atomic E-state index is 0. The third kappa shape index (κ3) is 5.25. The van der Waals surface area contributed by atoms with Crippen LogP contribution in [0.2, 0.25) is 5.02 Å². The monoisotopic (exact) mass is 322 g/mol. The molecule has 3 N–H and O–H groups in total. The first-order valence-corrected chi connectivity index (χ1v) is 6.58. The molecule has 0 saturated heterocycles. The molecule has 0 spiro atoms. The summed E-state index contributed by atoms with van der Waals surface area (Å²) in [6, 6.07) is 3.73. The number of rotatable bonds is 6. The van der Waals surface area contributed by atoms with Gasteiger partial charge in [0.2, 0.25) is 0 Å². The van der Waals surface area contributed by atoms with Crippen LogP contribution < -0.4 is 5.73 Å². The van der Waals surface area contributed by atoms with Crippen molar-refractivity contribution in [1.29, 1.82) is 0 Å². The Morgan fingerprint density at radius 1 is 1.40 bits per heavy atom. The summed E-state index contributed by atoms with van der Waals surface area (Å²) < 4.78 is 0. The van der Waals surface area contributed by atoms with E-state index < -0.39 is 17.1 Å². The molecule has 0 aromatic heterocycles. The van der Waals surface area contributed by atoms with Crippen LogP contribution >= 0.6 is 24.0 Å². The first-order valence-electron chi connectivity index (χ1n) is 6.20. The van der Waals surface area contributed by atoms with Crippen molar-refractivity contribution in [3.8, 4) is 0 Å². The van der Waals surface area contributed by atoms with E-state index in [2.05, 4.69) is 13.8 Å². The van der Waals surface area contributed by atoms with Crippen molar-refractivity contribution in [2.24, 2.45) is 11.7 Å². The quantitative estimate of drug-likeness (QED) is 0.619. The number of halogens is 2. The maximum atomic E-state index is 10.8. The molecule has 7 heteroatoms. The van der Waals surface area contributed by atoms with Gasteiger partial charge in [0.25, 0.3) is 5.69 Å². The fourth-order valence-corrected chi connectivity index (χ4v) is 1.97. The molecule has 1 aromatic rings. The molecule has 0 fully saturated rings. The first kappa shape index (κ1) is 19.1. The van der Waals surface area contributed by atoms with Crippen molar-refractivity contribution in [3.63, 3.8) is 0 Å². The van der Waals surface area contributed by atoms with Gasteiger partial charge in [-0.15, -0.1) is 12.4 Å². The van der Waals surface area contributed by atoms with Gasteiger partial charge < -0.3 is 10.8 Å². The summed E-state index contributed by atoms with van der Waals surface area (Å²) in [7, 11) is 0. The van der Waals surface area contributed by atoms with Crippen molar-refractivity contribution in [2.45, 2.75) is 38.8 Å². The van der Waals surface area contributed by atoms with E-state index in [1.54, 1.807) is 6.07 Å². The number of hydrogen-bond donors (Lipinski definition) is 2. The number of benzene rings is 1. The lowest BCUT2D eigenvalue weighted by molar-refractivity contribution is -0.384. The maximum Gasteiger partial charge on any atom is 0.288 e. The van der Waals surface area contributed by atoms with Crippen LogP contribution in [0.15, 0.2) is 18.2 Å². The molecule has 114 valence electrons. The molecule has 5 nitrogen and oxygen atoms in total. The normalized spacial score (nSPS) is 13.7. The Morgan fingerprint density at radius 3 is 2.50 bits per heavy atom. The predicted molar refractivity (Wildman–Crippen MR) is 82.4 cm³/mol. The van der Waals surface area contributed by atoms with Crippen LogP contribution in [-0.4, -0.2) is 16.1 Å². The van der Waals surface area contributed by atoms with Crippen LogP contribution in [0.5, 0.6) is 0 Å². The van der Waals surface area contributed by atoms with Crippen molar-refractivity contribution >= 4 is 29.7 Å². The highest BCUT2D eigenvalue weighted by Crippen LogP contribution is 2.29. The molecule has 0 bridgehead atoms. The van der Waals surface area contributed by atoms with Gasteiger partial charge in [0.15, 0.2) is 0 Å². The second kappa shape index (κ2) is 8.42. The van der Waals surface area contributed by atoms with Gasteiger partial charge in [-0.25, -0.2) is 0 Å². The van der Waals surface area contributed by atoms with Crippen molar-refractivity contribution in [2.75, 3.05) is 0 Å². The number of nitro groups is 1. The smallest absolute Gasteiger partial charge is 0.288 e. The summed E-state index contributed by atoms with van der Waals surface area (Å²) in [6.07, 6.45) is 0.697. The van der Waals surface area contributed by atoms with Gasteiger partial charge in [0.1, 0.15) is 5.02 Å². The van der Waals surface area contributed by atoms with Crippen LogP contribution in [0.3, 0.4) is 0 Å². The second-order valence-electron chi connectivity index (χ2n) is 5.03. The molecule has 0 radical (unpaired) electrons. The highest BCUT2D eigenvalue weighted by molar-refractivity contribution is 6.32. The lowest BCUT2D eigenvalue weighted by atomic mass is 9.96. The van der Waals surface area contributed by atoms with Crippen LogP contribution in [0, 0.1) is 16.0 Å². The first-order chi connectivity index (χ1) is 8.82. The Bertz CT molecular complexity index is 455. The van der Waals surface area contributed by atoms with E-state index in [4.69, 9.17) is 17.3 Å². The highest BCUT2D eigenvalue weighted by atomic mass is 35.5.